The molecule has 3 heterocycles. The van der Waals surface area contributed by atoms with Gasteiger partial charge in [-0.2, -0.15) is 0 Å². The third kappa shape index (κ3) is 4.68. The molecule has 1 N–H and O–H groups in total. The number of hydrogen-bond donors (Lipinski definition) is 1. The maximum Gasteiger partial charge on any atom is 0.233 e. The van der Waals surface area contributed by atoms with Crippen LogP contribution in [0.3, 0.4) is 0 Å². The van der Waals surface area contributed by atoms with E-state index >= 15 is 0 Å². The lowest BCUT2D eigenvalue weighted by molar-refractivity contribution is -0.128. The van der Waals surface area contributed by atoms with Gasteiger partial charge in [-0.25, -0.2) is 0 Å². The fourth-order valence-corrected chi connectivity index (χ4v) is 5.28. The Hall–Kier alpha value is -3.26. The number of H-pyrrole nitrogens is 1. The average Bonchev–Trinajstić information content (AvgIpc) is 3.37. The Kier molecular flexibility index (Phi) is 6.85. The Morgan fingerprint density at radius 2 is 1.79 bits per heavy atom. The summed E-state index contributed by atoms with van der Waals surface area (Å²) in [5.41, 5.74) is 2.95. The Bertz CT molecular complexity index is 1260. The number of aromatic nitrogens is 4. The van der Waals surface area contributed by atoms with Crippen LogP contribution in [-0.4, -0.2) is 56.0 Å². The molecule has 1 aliphatic heterocycles. The van der Waals surface area contributed by atoms with Crippen molar-refractivity contribution in [2.24, 2.45) is 0 Å². The third-order valence-corrected chi connectivity index (χ3v) is 7.07. The first-order chi connectivity index (χ1) is 16.7. The van der Waals surface area contributed by atoms with Gasteiger partial charge in [-0.15, -0.1) is 10.2 Å². The first-order valence-electron chi connectivity index (χ1n) is 11.9. The fraction of sp³-hybridized carbons (Fsp3) is 0.346. The zero-order valence-corrected chi connectivity index (χ0v) is 20.2. The summed E-state index contributed by atoms with van der Waals surface area (Å²) in [6, 6.07) is 16.1. The number of amides is 1. The van der Waals surface area contributed by atoms with Crippen molar-refractivity contribution in [3.8, 4) is 22.8 Å². The zero-order valence-electron chi connectivity index (χ0n) is 19.4. The fourth-order valence-electron chi connectivity index (χ4n) is 4.42. The van der Waals surface area contributed by atoms with E-state index in [0.717, 1.165) is 59.7 Å². The van der Waals surface area contributed by atoms with E-state index in [0.29, 0.717) is 17.5 Å². The predicted molar refractivity (Wildman–Crippen MR) is 136 cm³/mol. The number of para-hydroxylation sites is 1. The van der Waals surface area contributed by atoms with Gasteiger partial charge in [0.25, 0.3) is 0 Å². The molecule has 0 unspecified atom stereocenters. The van der Waals surface area contributed by atoms with E-state index in [1.807, 2.05) is 65.1 Å². The van der Waals surface area contributed by atoms with E-state index < -0.39 is 0 Å². The second-order valence-corrected chi connectivity index (χ2v) is 9.34. The van der Waals surface area contributed by atoms with Crippen molar-refractivity contribution in [3.05, 3.63) is 54.7 Å². The Balaban J connectivity index is 1.48. The molecule has 1 fully saturated rings. The van der Waals surface area contributed by atoms with Gasteiger partial charge in [0.05, 0.1) is 12.4 Å². The van der Waals surface area contributed by atoms with E-state index in [4.69, 9.17) is 4.74 Å². The maximum atomic E-state index is 12.9. The van der Waals surface area contributed by atoms with Crippen molar-refractivity contribution in [1.29, 1.82) is 0 Å². The number of carbonyl (C=O) groups is 1. The molecule has 2 aromatic carbocycles. The van der Waals surface area contributed by atoms with Gasteiger partial charge in [-0.3, -0.25) is 9.36 Å². The molecular weight excluding hydrogens is 446 g/mol. The number of nitrogens with one attached hydrogen (secondary N) is 1. The molecule has 8 heteroatoms. The number of nitrogens with zero attached hydrogens (tertiary/aromatic N) is 4. The molecule has 5 rings (SSSR count). The topological polar surface area (TPSA) is 76.0 Å². The molecule has 1 saturated heterocycles. The number of ether oxygens (including phenoxy) is 1. The van der Waals surface area contributed by atoms with Gasteiger partial charge in [0, 0.05) is 41.4 Å². The van der Waals surface area contributed by atoms with Crippen LogP contribution in [0.5, 0.6) is 5.75 Å². The predicted octanol–water partition coefficient (Wildman–Crippen LogP) is 5.31. The van der Waals surface area contributed by atoms with Gasteiger partial charge < -0.3 is 14.6 Å². The summed E-state index contributed by atoms with van der Waals surface area (Å²) in [7, 11) is 0. The number of fused-ring (bicyclic) bond motifs is 1. The van der Waals surface area contributed by atoms with Crippen LogP contribution < -0.4 is 4.74 Å². The van der Waals surface area contributed by atoms with E-state index in [1.54, 1.807) is 0 Å². The Morgan fingerprint density at radius 1 is 1.03 bits per heavy atom. The SMILES string of the molecule is CCOc1ccc(-n2c(SCC(=O)N3CCCCCC3)nnc2-c2c[nH]c3ccccc23)cc1. The van der Waals surface area contributed by atoms with Gasteiger partial charge in [0.15, 0.2) is 11.0 Å². The maximum absolute atomic E-state index is 12.9. The number of benzene rings is 2. The van der Waals surface area contributed by atoms with Gasteiger partial charge in [0.2, 0.25) is 5.91 Å². The van der Waals surface area contributed by atoms with Gasteiger partial charge >= 0.3 is 0 Å². The first kappa shape index (κ1) is 22.5. The second-order valence-electron chi connectivity index (χ2n) is 8.40. The number of likely N-dealkylation sites (tertiary alicyclic amines) is 1. The smallest absolute Gasteiger partial charge is 0.233 e. The molecule has 1 amide bonds. The Labute approximate surface area is 203 Å². The summed E-state index contributed by atoms with van der Waals surface area (Å²) < 4.78 is 7.66. The molecule has 0 atom stereocenters. The summed E-state index contributed by atoms with van der Waals surface area (Å²) >= 11 is 1.45. The normalized spacial score (nSPS) is 14.3. The van der Waals surface area contributed by atoms with Crippen LogP contribution in [0.2, 0.25) is 0 Å². The molecule has 0 aliphatic carbocycles. The highest BCUT2D eigenvalue weighted by Crippen LogP contribution is 2.33. The molecule has 0 saturated carbocycles. The second kappa shape index (κ2) is 10.3. The highest BCUT2D eigenvalue weighted by molar-refractivity contribution is 7.99. The van der Waals surface area contributed by atoms with Gasteiger partial charge in [-0.1, -0.05) is 42.8 Å². The minimum atomic E-state index is 0.168. The molecule has 0 radical (unpaired) electrons. The van der Waals surface area contributed by atoms with Crippen molar-refractivity contribution in [1.82, 2.24) is 24.6 Å². The first-order valence-corrected chi connectivity index (χ1v) is 12.9. The van der Waals surface area contributed by atoms with Crippen molar-refractivity contribution < 1.29 is 9.53 Å². The zero-order chi connectivity index (χ0) is 23.3. The van der Waals surface area contributed by atoms with E-state index in [1.165, 1.54) is 24.6 Å². The third-order valence-electron chi connectivity index (χ3n) is 6.15. The van der Waals surface area contributed by atoms with Crippen LogP contribution in [-0.2, 0) is 4.79 Å². The number of aromatic amines is 1. The molecule has 4 aromatic rings. The van der Waals surface area contributed by atoms with Crippen molar-refractivity contribution in [3.63, 3.8) is 0 Å². The number of carbonyl (C=O) groups excluding carboxylic acids is 1. The van der Waals surface area contributed by atoms with Crippen LogP contribution in [0.4, 0.5) is 0 Å². The lowest BCUT2D eigenvalue weighted by Crippen LogP contribution is -2.33. The molecule has 34 heavy (non-hydrogen) atoms. The molecule has 0 spiro atoms. The van der Waals surface area contributed by atoms with E-state index in [2.05, 4.69) is 21.2 Å². The summed E-state index contributed by atoms with van der Waals surface area (Å²) in [6.07, 6.45) is 6.55. The molecule has 176 valence electrons. The summed E-state index contributed by atoms with van der Waals surface area (Å²) in [5, 5.41) is 10.9. The molecule has 7 nitrogen and oxygen atoms in total. The van der Waals surface area contributed by atoms with Crippen LogP contribution >= 0.6 is 11.8 Å². The minimum Gasteiger partial charge on any atom is -0.494 e. The van der Waals surface area contributed by atoms with Crippen molar-refractivity contribution >= 4 is 28.6 Å². The highest BCUT2D eigenvalue weighted by atomic mass is 32.2. The van der Waals surface area contributed by atoms with Gasteiger partial charge in [0.1, 0.15) is 5.75 Å². The van der Waals surface area contributed by atoms with Gasteiger partial charge in [-0.05, 0) is 50.1 Å². The van der Waals surface area contributed by atoms with E-state index in [9.17, 15) is 4.79 Å². The lowest BCUT2D eigenvalue weighted by Gasteiger charge is -2.20. The lowest BCUT2D eigenvalue weighted by atomic mass is 10.1. The largest absolute Gasteiger partial charge is 0.494 e. The monoisotopic (exact) mass is 475 g/mol. The summed E-state index contributed by atoms with van der Waals surface area (Å²) in [6.45, 7) is 4.29. The quantitative estimate of drug-likeness (QED) is 0.367. The summed E-state index contributed by atoms with van der Waals surface area (Å²) in [5.74, 6) is 2.08. The molecule has 0 bridgehead atoms. The molecular formula is C26H29N5O2S. The Morgan fingerprint density at radius 3 is 2.56 bits per heavy atom. The number of hydrogen-bond acceptors (Lipinski definition) is 5. The van der Waals surface area contributed by atoms with E-state index in [-0.39, 0.29) is 5.91 Å². The number of thioether (sulfide) groups is 1. The minimum absolute atomic E-state index is 0.168. The highest BCUT2D eigenvalue weighted by Gasteiger charge is 2.21. The van der Waals surface area contributed by atoms with Crippen LogP contribution in [0.1, 0.15) is 32.6 Å². The van der Waals surface area contributed by atoms with Crippen molar-refractivity contribution in [2.75, 3.05) is 25.4 Å². The average molecular weight is 476 g/mol. The standard InChI is InChI=1S/C26H29N5O2S/c1-2-33-20-13-11-19(12-14-20)31-25(22-17-27-23-10-6-5-9-21(22)23)28-29-26(31)34-18-24(32)30-15-7-3-4-8-16-30/h5-6,9-14,17,27H,2-4,7-8,15-16,18H2,1H3. The van der Waals surface area contributed by atoms with Crippen LogP contribution in [0.15, 0.2) is 59.9 Å². The van der Waals surface area contributed by atoms with Crippen LogP contribution in [0, 0.1) is 0 Å². The number of rotatable bonds is 7. The molecule has 1 aliphatic rings. The summed E-state index contributed by atoms with van der Waals surface area (Å²) in [4.78, 5) is 18.3. The van der Waals surface area contributed by atoms with Crippen LogP contribution in [0.25, 0.3) is 28.0 Å². The van der Waals surface area contributed by atoms with Crippen molar-refractivity contribution in [2.45, 2.75) is 37.8 Å². The molecule has 2 aromatic heterocycles.